The fraction of sp³-hybridized carbons (Fsp3) is 0.355. The molecule has 1 aromatic heterocycles. The van der Waals surface area contributed by atoms with Gasteiger partial charge in [-0.3, -0.25) is 9.78 Å². The third kappa shape index (κ3) is 4.96. The molecule has 0 amide bonds. The maximum Gasteiger partial charge on any atom is 0.159 e. The molecule has 0 radical (unpaired) electrons. The molecule has 2 aromatic carbocycles. The monoisotopic (exact) mass is 516 g/mol. The van der Waals surface area contributed by atoms with E-state index in [9.17, 15) is 9.90 Å². The Kier molecular flexibility index (Phi) is 6.97. The lowest BCUT2D eigenvalue weighted by atomic mass is 9.66. The summed E-state index contributed by atoms with van der Waals surface area (Å²) in [6, 6.07) is 17.2. The average molecular weight is 517 g/mol. The van der Waals surface area contributed by atoms with Gasteiger partial charge in [0.1, 0.15) is 12.4 Å². The number of carbonyl (C=O) groups is 1. The highest BCUT2D eigenvalue weighted by Crippen LogP contribution is 2.46. The number of fused-ring (bicyclic) bond motifs is 2. The van der Waals surface area contributed by atoms with Crippen molar-refractivity contribution in [3.05, 3.63) is 99.8 Å². The van der Waals surface area contributed by atoms with Gasteiger partial charge >= 0.3 is 0 Å². The summed E-state index contributed by atoms with van der Waals surface area (Å²) in [5.41, 5.74) is 4.26. The second kappa shape index (κ2) is 10.1. The molecule has 0 saturated carbocycles. The highest BCUT2D eigenvalue weighted by molar-refractivity contribution is 6.30. The van der Waals surface area contributed by atoms with Crippen LogP contribution in [0, 0.1) is 5.41 Å². The van der Waals surface area contributed by atoms with Crippen LogP contribution in [0.25, 0.3) is 5.57 Å². The van der Waals surface area contributed by atoms with Crippen LogP contribution in [0.3, 0.4) is 0 Å². The van der Waals surface area contributed by atoms with Crippen molar-refractivity contribution in [3.8, 4) is 5.75 Å². The number of likely N-dealkylation sites (tertiary alicyclic amines) is 1. The van der Waals surface area contributed by atoms with Crippen LogP contribution in [0.4, 0.5) is 0 Å². The summed E-state index contributed by atoms with van der Waals surface area (Å²) in [5.74, 6) is 0.794. The number of aromatic nitrogens is 1. The van der Waals surface area contributed by atoms with Gasteiger partial charge in [0.2, 0.25) is 0 Å². The quantitative estimate of drug-likeness (QED) is 0.405. The first-order valence-electron chi connectivity index (χ1n) is 12.8. The molecular formula is C31H33ClN2O3. The van der Waals surface area contributed by atoms with Crippen molar-refractivity contribution in [3.63, 3.8) is 0 Å². The van der Waals surface area contributed by atoms with E-state index in [2.05, 4.69) is 35.9 Å². The van der Waals surface area contributed by atoms with Crippen LogP contribution in [0.15, 0.2) is 66.9 Å². The maximum absolute atomic E-state index is 12.1. The molecule has 1 saturated heterocycles. The van der Waals surface area contributed by atoms with Crippen molar-refractivity contribution in [2.75, 3.05) is 19.6 Å². The number of hydrogen-bond acceptors (Lipinski definition) is 5. The van der Waals surface area contributed by atoms with Crippen molar-refractivity contribution in [1.82, 2.24) is 9.88 Å². The smallest absolute Gasteiger partial charge is 0.159 e. The Labute approximate surface area is 223 Å². The average Bonchev–Trinajstić information content (AvgIpc) is 3.03. The maximum atomic E-state index is 12.1. The molecular weight excluding hydrogens is 484 g/mol. The Morgan fingerprint density at radius 2 is 1.95 bits per heavy atom. The van der Waals surface area contributed by atoms with Crippen LogP contribution in [0.1, 0.15) is 66.4 Å². The van der Waals surface area contributed by atoms with Gasteiger partial charge in [0.25, 0.3) is 0 Å². The molecule has 0 aliphatic carbocycles. The third-order valence-corrected chi connectivity index (χ3v) is 8.12. The molecule has 3 heterocycles. The van der Waals surface area contributed by atoms with Crippen molar-refractivity contribution in [1.29, 1.82) is 0 Å². The topological polar surface area (TPSA) is 62.7 Å². The van der Waals surface area contributed by atoms with Gasteiger partial charge in [-0.25, -0.2) is 0 Å². The molecule has 1 fully saturated rings. The second-order valence-electron chi connectivity index (χ2n) is 10.7. The number of halogens is 1. The Balaban J connectivity index is 1.38. The first kappa shape index (κ1) is 25.7. The number of hydrogen-bond donors (Lipinski definition) is 1. The number of benzene rings is 2. The molecule has 1 N–H and O–H groups in total. The fourth-order valence-electron chi connectivity index (χ4n) is 5.66. The Morgan fingerprint density at radius 1 is 1.16 bits per heavy atom. The van der Waals surface area contributed by atoms with E-state index in [-0.39, 0.29) is 11.2 Å². The first-order chi connectivity index (χ1) is 17.7. The zero-order chi connectivity index (χ0) is 26.2. The highest BCUT2D eigenvalue weighted by atomic mass is 35.5. The summed E-state index contributed by atoms with van der Waals surface area (Å²) in [6.07, 6.45) is 5.51. The lowest BCUT2D eigenvalue weighted by Gasteiger charge is -2.50. The molecule has 2 aliphatic heterocycles. The lowest BCUT2D eigenvalue weighted by Crippen LogP contribution is -2.55. The minimum atomic E-state index is -0.905. The van der Waals surface area contributed by atoms with E-state index in [1.807, 2.05) is 48.5 Å². The molecule has 37 heavy (non-hydrogen) atoms. The zero-order valence-corrected chi connectivity index (χ0v) is 22.4. The van der Waals surface area contributed by atoms with Gasteiger partial charge in [-0.05, 0) is 67.3 Å². The molecule has 3 aromatic rings. The highest BCUT2D eigenvalue weighted by Gasteiger charge is 2.48. The van der Waals surface area contributed by atoms with Gasteiger partial charge in [0.15, 0.2) is 5.78 Å². The predicted molar refractivity (Wildman–Crippen MR) is 147 cm³/mol. The Hall–Kier alpha value is -2.99. The number of pyridine rings is 1. The minimum Gasteiger partial charge on any atom is -0.487 e. The van der Waals surface area contributed by atoms with Crippen molar-refractivity contribution >= 4 is 23.0 Å². The van der Waals surface area contributed by atoms with E-state index in [0.29, 0.717) is 23.6 Å². The fourth-order valence-corrected chi connectivity index (χ4v) is 5.79. The molecule has 192 valence electrons. The van der Waals surface area contributed by atoms with Crippen LogP contribution in [-0.4, -0.2) is 40.4 Å². The number of aliphatic hydroxyl groups is 1. The number of ether oxygens (including phenoxy) is 1. The van der Waals surface area contributed by atoms with E-state index in [1.165, 1.54) is 0 Å². The zero-order valence-electron chi connectivity index (χ0n) is 21.6. The number of piperidine rings is 1. The van der Waals surface area contributed by atoms with E-state index >= 15 is 0 Å². The van der Waals surface area contributed by atoms with Gasteiger partial charge in [-0.15, -0.1) is 0 Å². The van der Waals surface area contributed by atoms with Gasteiger partial charge in [0.05, 0.1) is 11.3 Å². The molecule has 0 bridgehead atoms. The van der Waals surface area contributed by atoms with Crippen LogP contribution in [0.2, 0.25) is 5.02 Å². The van der Waals surface area contributed by atoms with Crippen LogP contribution < -0.4 is 4.74 Å². The number of rotatable bonds is 5. The van der Waals surface area contributed by atoms with Crippen LogP contribution >= 0.6 is 11.6 Å². The number of Topliss-reactive ketones (excluding diaryl/α,β-unsaturated/α-hetero) is 1. The summed E-state index contributed by atoms with van der Waals surface area (Å²) in [6.45, 7) is 8.69. The summed E-state index contributed by atoms with van der Waals surface area (Å²) in [5, 5.41) is 12.4. The predicted octanol–water partition coefficient (Wildman–Crippen LogP) is 6.27. The SMILES string of the molecule is CC(=O)c1ccc2c(c1)C(=CCCN1CCC(O)(c3ccc(Cl)cc3)C(C)(C)C1)c1cccnc1CO2. The molecule has 5 rings (SSSR count). The summed E-state index contributed by atoms with van der Waals surface area (Å²) in [4.78, 5) is 19.1. The summed E-state index contributed by atoms with van der Waals surface area (Å²) >= 11 is 6.09. The molecule has 5 nitrogen and oxygen atoms in total. The Morgan fingerprint density at radius 3 is 2.68 bits per heavy atom. The van der Waals surface area contributed by atoms with E-state index in [4.69, 9.17) is 16.3 Å². The molecule has 0 spiro atoms. The molecule has 2 aliphatic rings. The summed E-state index contributed by atoms with van der Waals surface area (Å²) in [7, 11) is 0. The van der Waals surface area contributed by atoms with Gasteiger partial charge < -0.3 is 14.7 Å². The van der Waals surface area contributed by atoms with Crippen LogP contribution in [-0.2, 0) is 12.2 Å². The molecule has 1 atom stereocenters. The van der Waals surface area contributed by atoms with Crippen molar-refractivity contribution < 1.29 is 14.6 Å². The van der Waals surface area contributed by atoms with E-state index < -0.39 is 5.60 Å². The van der Waals surface area contributed by atoms with E-state index in [0.717, 1.165) is 59.8 Å². The van der Waals surface area contributed by atoms with Crippen LogP contribution in [0.5, 0.6) is 5.75 Å². The summed E-state index contributed by atoms with van der Waals surface area (Å²) < 4.78 is 6.07. The third-order valence-electron chi connectivity index (χ3n) is 7.86. The molecule has 1 unspecified atom stereocenters. The lowest BCUT2D eigenvalue weighted by molar-refractivity contribution is -0.125. The van der Waals surface area contributed by atoms with Gasteiger partial charge in [-0.1, -0.05) is 49.7 Å². The molecule has 6 heteroatoms. The Bertz CT molecular complexity index is 1350. The largest absolute Gasteiger partial charge is 0.487 e. The van der Waals surface area contributed by atoms with Crippen molar-refractivity contribution in [2.24, 2.45) is 5.41 Å². The van der Waals surface area contributed by atoms with E-state index in [1.54, 1.807) is 13.1 Å². The minimum absolute atomic E-state index is 0.0292. The number of ketones is 1. The number of carbonyl (C=O) groups excluding carboxylic acids is 1. The number of nitrogens with zero attached hydrogens (tertiary/aromatic N) is 2. The first-order valence-corrected chi connectivity index (χ1v) is 13.2. The van der Waals surface area contributed by atoms with Gasteiger partial charge in [0, 0.05) is 53.0 Å². The van der Waals surface area contributed by atoms with Crippen molar-refractivity contribution in [2.45, 2.75) is 45.8 Å². The standard InChI is InChI=1S/C31H33ClN2O3/c1-21(35)22-8-13-29-27(18-22)25(26-6-4-15-33-28(26)19-37-29)7-5-16-34-17-14-31(36,30(2,3)20-34)23-9-11-24(32)12-10-23/h4,6-13,15,18,36H,5,14,16-17,19-20H2,1-3H3. The van der Waals surface area contributed by atoms with Gasteiger partial charge in [-0.2, -0.15) is 0 Å². The normalized spacial score (nSPS) is 22.0. The second-order valence-corrected chi connectivity index (χ2v) is 11.2.